The number of carbonyl (C=O) groups excluding carboxylic acids is 1. The Labute approximate surface area is 183 Å². The molecule has 0 spiro atoms. The number of nitrogens with zero attached hydrogens (tertiary/aromatic N) is 6. The number of aromatic nitrogens is 5. The van der Waals surface area contributed by atoms with E-state index < -0.39 is 17.6 Å². The van der Waals surface area contributed by atoms with E-state index in [9.17, 15) is 18.0 Å². The molecule has 0 bridgehead atoms. The van der Waals surface area contributed by atoms with Gasteiger partial charge in [0.1, 0.15) is 5.69 Å². The van der Waals surface area contributed by atoms with Crippen LogP contribution in [0, 0.1) is 6.92 Å². The summed E-state index contributed by atoms with van der Waals surface area (Å²) in [5, 5.41) is 18.9. The van der Waals surface area contributed by atoms with E-state index in [2.05, 4.69) is 35.8 Å². The molecular formula is C20H15F3N8O2. The van der Waals surface area contributed by atoms with Gasteiger partial charge in [-0.1, -0.05) is 47.2 Å². The molecule has 0 saturated heterocycles. The molecule has 1 amide bonds. The summed E-state index contributed by atoms with van der Waals surface area (Å²) < 4.78 is 43.8. The zero-order valence-electron chi connectivity index (χ0n) is 16.9. The van der Waals surface area contributed by atoms with E-state index in [1.54, 1.807) is 12.1 Å². The van der Waals surface area contributed by atoms with Crippen molar-refractivity contribution >= 4 is 17.9 Å². The lowest BCUT2D eigenvalue weighted by atomic mass is 10.1. The van der Waals surface area contributed by atoms with Gasteiger partial charge >= 0.3 is 6.18 Å². The number of rotatable bonds is 5. The van der Waals surface area contributed by atoms with Crippen molar-refractivity contribution in [3.8, 4) is 17.1 Å². The standard InChI is InChI=1S/C20H15F3N8O2/c1-11-2-6-13(7-3-11)16-15(26-30-31(16)18-17(24)28-33-29-18)19(32)27-25-10-12-4-8-14(9-5-12)20(21,22)23/h2-10H,1H3,(H2,24,28)(H,27,32)/b25-10+. The fraction of sp³-hybridized carbons (Fsp3) is 0.100. The summed E-state index contributed by atoms with van der Waals surface area (Å²) in [5.74, 6) is -0.721. The van der Waals surface area contributed by atoms with Crippen molar-refractivity contribution in [1.29, 1.82) is 0 Å². The lowest BCUT2D eigenvalue weighted by Gasteiger charge is -2.06. The molecule has 13 heteroatoms. The van der Waals surface area contributed by atoms with Crippen molar-refractivity contribution in [3.05, 3.63) is 70.9 Å². The number of carbonyl (C=O) groups is 1. The molecular weight excluding hydrogens is 441 g/mol. The first kappa shape index (κ1) is 21.7. The Bertz CT molecular complexity index is 1310. The average Bonchev–Trinajstić information content (AvgIpc) is 3.40. The van der Waals surface area contributed by atoms with Crippen LogP contribution < -0.4 is 11.2 Å². The first-order chi connectivity index (χ1) is 15.7. The van der Waals surface area contributed by atoms with E-state index in [-0.39, 0.29) is 23.0 Å². The molecule has 168 valence electrons. The van der Waals surface area contributed by atoms with Crippen molar-refractivity contribution < 1.29 is 22.6 Å². The van der Waals surface area contributed by atoms with Crippen LogP contribution in [0.5, 0.6) is 0 Å². The van der Waals surface area contributed by atoms with Gasteiger partial charge in [0, 0.05) is 5.56 Å². The van der Waals surface area contributed by atoms with Gasteiger partial charge < -0.3 is 5.73 Å². The minimum atomic E-state index is -4.44. The van der Waals surface area contributed by atoms with Gasteiger partial charge in [-0.05, 0) is 34.9 Å². The van der Waals surface area contributed by atoms with Crippen LogP contribution in [-0.2, 0) is 6.18 Å². The minimum Gasteiger partial charge on any atom is -0.378 e. The highest BCUT2D eigenvalue weighted by atomic mass is 19.4. The number of nitrogen functional groups attached to an aromatic ring is 1. The molecule has 0 fully saturated rings. The van der Waals surface area contributed by atoms with Crippen LogP contribution in [0.25, 0.3) is 17.1 Å². The van der Waals surface area contributed by atoms with Crippen LogP contribution in [-0.4, -0.2) is 37.4 Å². The number of anilines is 1. The molecule has 0 aliphatic heterocycles. The predicted molar refractivity (Wildman–Crippen MR) is 110 cm³/mol. The monoisotopic (exact) mass is 456 g/mol. The Balaban J connectivity index is 1.61. The molecule has 3 N–H and O–H groups in total. The third kappa shape index (κ3) is 4.56. The molecule has 0 aliphatic carbocycles. The summed E-state index contributed by atoms with van der Waals surface area (Å²) in [4.78, 5) is 12.8. The summed E-state index contributed by atoms with van der Waals surface area (Å²) in [7, 11) is 0. The maximum atomic E-state index is 12.8. The van der Waals surface area contributed by atoms with Gasteiger partial charge in [-0.3, -0.25) is 4.79 Å². The van der Waals surface area contributed by atoms with Gasteiger partial charge in [-0.15, -0.1) is 5.10 Å². The normalized spacial score (nSPS) is 11.8. The fourth-order valence-corrected chi connectivity index (χ4v) is 2.87. The maximum Gasteiger partial charge on any atom is 0.416 e. The predicted octanol–water partition coefficient (Wildman–Crippen LogP) is 2.99. The second-order valence-electron chi connectivity index (χ2n) is 6.86. The van der Waals surface area contributed by atoms with Crippen molar-refractivity contribution in [2.75, 3.05) is 5.73 Å². The van der Waals surface area contributed by atoms with Gasteiger partial charge in [-0.2, -0.15) is 23.0 Å². The Kier molecular flexibility index (Phi) is 5.60. The Morgan fingerprint density at radius 3 is 2.42 bits per heavy atom. The number of aryl methyl sites for hydroxylation is 1. The number of alkyl halides is 3. The number of amides is 1. The summed E-state index contributed by atoms with van der Waals surface area (Å²) in [6.07, 6.45) is -3.24. The molecule has 2 heterocycles. The number of hydrazone groups is 1. The minimum absolute atomic E-state index is 0.0466. The van der Waals surface area contributed by atoms with Crippen LogP contribution in [0.4, 0.5) is 19.0 Å². The molecule has 0 atom stereocenters. The summed E-state index contributed by atoms with van der Waals surface area (Å²) in [6, 6.07) is 11.5. The van der Waals surface area contributed by atoms with Crippen LogP contribution in [0.15, 0.2) is 58.3 Å². The van der Waals surface area contributed by atoms with E-state index in [0.29, 0.717) is 11.1 Å². The summed E-state index contributed by atoms with van der Waals surface area (Å²) in [5.41, 5.74) is 9.37. The maximum absolute atomic E-state index is 12.8. The van der Waals surface area contributed by atoms with Crippen LogP contribution in [0.2, 0.25) is 0 Å². The van der Waals surface area contributed by atoms with Gasteiger partial charge in [0.15, 0.2) is 5.69 Å². The Morgan fingerprint density at radius 1 is 1.12 bits per heavy atom. The van der Waals surface area contributed by atoms with Crippen molar-refractivity contribution in [3.63, 3.8) is 0 Å². The van der Waals surface area contributed by atoms with Gasteiger partial charge in [0.2, 0.25) is 11.6 Å². The largest absolute Gasteiger partial charge is 0.416 e. The van der Waals surface area contributed by atoms with Crippen molar-refractivity contribution in [1.82, 2.24) is 30.7 Å². The number of hydrogen-bond acceptors (Lipinski definition) is 8. The van der Waals surface area contributed by atoms with Crippen LogP contribution in [0.3, 0.4) is 0 Å². The lowest BCUT2D eigenvalue weighted by molar-refractivity contribution is -0.137. The van der Waals surface area contributed by atoms with Crippen molar-refractivity contribution in [2.24, 2.45) is 5.10 Å². The summed E-state index contributed by atoms with van der Waals surface area (Å²) in [6.45, 7) is 1.91. The number of nitrogens with two attached hydrogens (primary N) is 1. The van der Waals surface area contributed by atoms with Crippen molar-refractivity contribution in [2.45, 2.75) is 13.1 Å². The average molecular weight is 456 g/mol. The molecule has 0 aliphatic rings. The van der Waals surface area contributed by atoms with Crippen LogP contribution >= 0.6 is 0 Å². The zero-order valence-corrected chi connectivity index (χ0v) is 16.9. The Morgan fingerprint density at radius 2 is 1.82 bits per heavy atom. The third-order valence-electron chi connectivity index (χ3n) is 4.52. The second kappa shape index (κ2) is 8.53. The SMILES string of the molecule is Cc1ccc(-c2c(C(=O)N/N=C/c3ccc(C(F)(F)F)cc3)nnn2-c2nonc2N)cc1. The quantitative estimate of drug-likeness (QED) is 0.348. The number of hydrogen-bond donors (Lipinski definition) is 2. The van der Waals surface area contributed by atoms with E-state index in [1.165, 1.54) is 23.0 Å². The van der Waals surface area contributed by atoms with E-state index in [1.807, 2.05) is 19.1 Å². The molecule has 2 aromatic carbocycles. The smallest absolute Gasteiger partial charge is 0.378 e. The highest BCUT2D eigenvalue weighted by Crippen LogP contribution is 2.29. The van der Waals surface area contributed by atoms with E-state index in [4.69, 9.17) is 5.73 Å². The summed E-state index contributed by atoms with van der Waals surface area (Å²) >= 11 is 0. The van der Waals surface area contributed by atoms with Crippen LogP contribution in [0.1, 0.15) is 27.2 Å². The number of nitrogens with one attached hydrogen (secondary N) is 1. The molecule has 0 unspecified atom stereocenters. The Hall–Kier alpha value is -4.55. The second-order valence-corrected chi connectivity index (χ2v) is 6.86. The molecule has 10 nitrogen and oxygen atoms in total. The molecule has 4 aromatic rings. The topological polar surface area (TPSA) is 137 Å². The van der Waals surface area contributed by atoms with Gasteiger partial charge in [0.05, 0.1) is 11.8 Å². The van der Waals surface area contributed by atoms with Gasteiger partial charge in [0.25, 0.3) is 5.91 Å². The molecule has 0 saturated carbocycles. The highest BCUT2D eigenvalue weighted by molar-refractivity contribution is 5.98. The lowest BCUT2D eigenvalue weighted by Crippen LogP contribution is -2.19. The van der Waals surface area contributed by atoms with Gasteiger partial charge in [-0.25, -0.2) is 10.1 Å². The fourth-order valence-electron chi connectivity index (χ4n) is 2.87. The van der Waals surface area contributed by atoms with E-state index in [0.717, 1.165) is 17.7 Å². The molecule has 33 heavy (non-hydrogen) atoms. The molecule has 0 radical (unpaired) electrons. The molecule has 4 rings (SSSR count). The number of halogens is 3. The molecule has 2 aromatic heterocycles. The zero-order chi connectivity index (χ0) is 23.6. The van der Waals surface area contributed by atoms with E-state index >= 15 is 0 Å². The third-order valence-corrected chi connectivity index (χ3v) is 4.52. The first-order valence-electron chi connectivity index (χ1n) is 9.36. The highest BCUT2D eigenvalue weighted by Gasteiger charge is 2.30. The first-order valence-corrected chi connectivity index (χ1v) is 9.36. The number of benzene rings is 2.